The third kappa shape index (κ3) is 8.39. The summed E-state index contributed by atoms with van der Waals surface area (Å²) in [6.45, 7) is 3.53. The molecule has 0 aliphatic carbocycles. The summed E-state index contributed by atoms with van der Waals surface area (Å²) in [6.07, 6.45) is 3.92. The van der Waals surface area contributed by atoms with E-state index in [0.29, 0.717) is 40.5 Å². The zero-order valence-electron chi connectivity index (χ0n) is 31.7. The highest BCUT2D eigenvalue weighted by Gasteiger charge is 2.26. The molecule has 0 spiro atoms. The molecule has 0 radical (unpaired) electrons. The predicted octanol–water partition coefficient (Wildman–Crippen LogP) is 8.15. The summed E-state index contributed by atoms with van der Waals surface area (Å²) in [6, 6.07) is 29.5. The summed E-state index contributed by atoms with van der Waals surface area (Å²) < 4.78 is 39.2. The highest BCUT2D eigenvalue weighted by molar-refractivity contribution is 5.72. The van der Waals surface area contributed by atoms with Crippen LogP contribution in [0.25, 0.3) is 22.4 Å². The van der Waals surface area contributed by atoms with Gasteiger partial charge >= 0.3 is 0 Å². The van der Waals surface area contributed by atoms with E-state index in [2.05, 4.69) is 69.4 Å². The molecule has 0 atom stereocenters. The Bertz CT molecular complexity index is 1940. The molecule has 1 aromatic heterocycles. The average Bonchev–Trinajstić information content (AvgIpc) is 3.22. The highest BCUT2D eigenvalue weighted by atomic mass is 16.5. The Hall–Kier alpha value is -5.61. The standard InChI is InChI=1S/C43H49N3O7/c1-47-36-13-9-12-35(26-36)46(28-29-10-8-11-31(20-29)32-22-38(48-2)42(52-6)39(23-32)49-3)34-15-18-45(19-16-34)27-30-14-17-44-37(21-30)33-24-40(50-4)43(53-7)41(25-33)51-5/h8-14,17,20-26,34H,15-16,18-19,27-28H2,1-7H3. The molecule has 0 N–H and O–H groups in total. The number of hydrogen-bond acceptors (Lipinski definition) is 10. The normalized spacial score (nSPS) is 13.3. The maximum absolute atomic E-state index is 5.65. The average molecular weight is 720 g/mol. The second-order valence-corrected chi connectivity index (χ2v) is 12.9. The van der Waals surface area contributed by atoms with Gasteiger partial charge in [-0.2, -0.15) is 0 Å². The van der Waals surface area contributed by atoms with Crippen molar-refractivity contribution < 1.29 is 33.2 Å². The van der Waals surface area contributed by atoms with Crippen LogP contribution in [0.5, 0.6) is 40.2 Å². The second-order valence-electron chi connectivity index (χ2n) is 12.9. The van der Waals surface area contributed by atoms with E-state index in [0.717, 1.165) is 72.8 Å². The lowest BCUT2D eigenvalue weighted by atomic mass is 9.98. The van der Waals surface area contributed by atoms with Crippen LogP contribution in [0.2, 0.25) is 0 Å². The molecule has 0 bridgehead atoms. The summed E-state index contributed by atoms with van der Waals surface area (Å²) in [4.78, 5) is 9.74. The van der Waals surface area contributed by atoms with E-state index in [4.69, 9.17) is 33.2 Å². The summed E-state index contributed by atoms with van der Waals surface area (Å²) >= 11 is 0. The Labute approximate surface area is 312 Å². The van der Waals surface area contributed by atoms with E-state index >= 15 is 0 Å². The lowest BCUT2D eigenvalue weighted by Gasteiger charge is -2.40. The van der Waals surface area contributed by atoms with Gasteiger partial charge in [0.25, 0.3) is 0 Å². The molecule has 4 aromatic carbocycles. The van der Waals surface area contributed by atoms with Gasteiger partial charge in [0.2, 0.25) is 11.5 Å². The first-order valence-electron chi connectivity index (χ1n) is 17.7. The number of likely N-dealkylation sites (tertiary alicyclic amines) is 1. The summed E-state index contributed by atoms with van der Waals surface area (Å²) in [5, 5.41) is 0. The second kappa shape index (κ2) is 17.3. The fourth-order valence-electron chi connectivity index (χ4n) is 7.12. The van der Waals surface area contributed by atoms with Gasteiger partial charge in [-0.05, 0) is 89.7 Å². The van der Waals surface area contributed by atoms with Crippen molar-refractivity contribution in [3.63, 3.8) is 0 Å². The number of piperidine rings is 1. The van der Waals surface area contributed by atoms with Crippen LogP contribution in [0.1, 0.15) is 24.0 Å². The Morgan fingerprint density at radius 1 is 0.585 bits per heavy atom. The van der Waals surface area contributed by atoms with Crippen molar-refractivity contribution in [3.05, 3.63) is 102 Å². The van der Waals surface area contributed by atoms with Gasteiger partial charge in [-0.15, -0.1) is 0 Å². The van der Waals surface area contributed by atoms with E-state index < -0.39 is 0 Å². The Morgan fingerprint density at radius 2 is 1.19 bits per heavy atom. The maximum atomic E-state index is 5.65. The summed E-state index contributed by atoms with van der Waals surface area (Å²) in [5.41, 5.74) is 7.38. The molecule has 1 saturated heterocycles. The molecular weight excluding hydrogens is 670 g/mol. The molecule has 6 rings (SSSR count). The van der Waals surface area contributed by atoms with Crippen molar-refractivity contribution in [2.75, 3.05) is 67.8 Å². The van der Waals surface area contributed by atoms with Gasteiger partial charge < -0.3 is 38.1 Å². The lowest BCUT2D eigenvalue weighted by Crippen LogP contribution is -2.44. The van der Waals surface area contributed by atoms with Crippen molar-refractivity contribution in [1.29, 1.82) is 0 Å². The van der Waals surface area contributed by atoms with Crippen molar-refractivity contribution in [2.24, 2.45) is 0 Å². The van der Waals surface area contributed by atoms with Crippen LogP contribution in [0.3, 0.4) is 0 Å². The van der Waals surface area contributed by atoms with Crippen LogP contribution in [0.4, 0.5) is 5.69 Å². The van der Waals surface area contributed by atoms with Crippen LogP contribution in [-0.2, 0) is 13.1 Å². The number of methoxy groups -OCH3 is 7. The van der Waals surface area contributed by atoms with Gasteiger partial charge in [-0.3, -0.25) is 9.88 Å². The van der Waals surface area contributed by atoms with Crippen LogP contribution >= 0.6 is 0 Å². The molecule has 0 unspecified atom stereocenters. The zero-order valence-corrected chi connectivity index (χ0v) is 31.7. The predicted molar refractivity (Wildman–Crippen MR) is 208 cm³/mol. The smallest absolute Gasteiger partial charge is 0.203 e. The maximum Gasteiger partial charge on any atom is 0.203 e. The van der Waals surface area contributed by atoms with E-state index in [9.17, 15) is 0 Å². The third-order valence-electron chi connectivity index (χ3n) is 9.85. The molecule has 278 valence electrons. The summed E-state index contributed by atoms with van der Waals surface area (Å²) in [7, 11) is 11.5. The van der Waals surface area contributed by atoms with Gasteiger partial charge in [0.15, 0.2) is 23.0 Å². The largest absolute Gasteiger partial charge is 0.497 e. The first kappa shape index (κ1) is 37.2. The number of rotatable bonds is 15. The number of benzene rings is 4. The van der Waals surface area contributed by atoms with E-state index in [-0.39, 0.29) is 0 Å². The van der Waals surface area contributed by atoms with Crippen molar-refractivity contribution >= 4 is 5.69 Å². The number of anilines is 1. The molecule has 0 amide bonds. The highest BCUT2D eigenvalue weighted by Crippen LogP contribution is 2.42. The van der Waals surface area contributed by atoms with E-state index in [1.165, 1.54) is 11.1 Å². The van der Waals surface area contributed by atoms with Crippen LogP contribution < -0.4 is 38.1 Å². The molecule has 53 heavy (non-hydrogen) atoms. The van der Waals surface area contributed by atoms with E-state index in [1.807, 2.05) is 36.5 Å². The molecule has 1 aliphatic heterocycles. The van der Waals surface area contributed by atoms with Crippen LogP contribution in [0.15, 0.2) is 91.1 Å². The molecular formula is C43H49N3O7. The molecule has 1 aliphatic rings. The Balaban J connectivity index is 1.20. The monoisotopic (exact) mass is 719 g/mol. The fourth-order valence-corrected chi connectivity index (χ4v) is 7.12. The minimum atomic E-state index is 0.343. The Morgan fingerprint density at radius 3 is 1.77 bits per heavy atom. The molecule has 5 aromatic rings. The minimum absolute atomic E-state index is 0.343. The fraction of sp³-hybridized carbons (Fsp3) is 0.326. The first-order valence-corrected chi connectivity index (χ1v) is 17.7. The first-order chi connectivity index (χ1) is 25.9. The molecule has 1 fully saturated rings. The van der Waals surface area contributed by atoms with Crippen LogP contribution in [0, 0.1) is 0 Å². The van der Waals surface area contributed by atoms with Crippen molar-refractivity contribution in [2.45, 2.75) is 32.0 Å². The van der Waals surface area contributed by atoms with E-state index in [1.54, 1.807) is 49.8 Å². The summed E-state index contributed by atoms with van der Waals surface area (Å²) in [5.74, 6) is 4.44. The van der Waals surface area contributed by atoms with Crippen molar-refractivity contribution in [1.82, 2.24) is 9.88 Å². The quantitative estimate of drug-likeness (QED) is 0.106. The lowest BCUT2D eigenvalue weighted by molar-refractivity contribution is 0.201. The molecule has 10 nitrogen and oxygen atoms in total. The van der Waals surface area contributed by atoms with Gasteiger partial charge in [-0.1, -0.05) is 24.3 Å². The topological polar surface area (TPSA) is 84.0 Å². The minimum Gasteiger partial charge on any atom is -0.497 e. The molecule has 2 heterocycles. The zero-order chi connectivity index (χ0) is 37.3. The van der Waals surface area contributed by atoms with Gasteiger partial charge in [0.1, 0.15) is 5.75 Å². The number of hydrogen-bond donors (Lipinski definition) is 0. The van der Waals surface area contributed by atoms with Gasteiger partial charge in [0, 0.05) is 55.7 Å². The number of ether oxygens (including phenoxy) is 7. The number of pyridine rings is 1. The number of aromatic nitrogens is 1. The number of nitrogens with zero attached hydrogens (tertiary/aromatic N) is 3. The van der Waals surface area contributed by atoms with Crippen LogP contribution in [-0.4, -0.2) is 78.8 Å². The third-order valence-corrected chi connectivity index (χ3v) is 9.85. The molecule has 10 heteroatoms. The van der Waals surface area contributed by atoms with Gasteiger partial charge in [0.05, 0.1) is 55.5 Å². The van der Waals surface area contributed by atoms with Gasteiger partial charge in [-0.25, -0.2) is 0 Å². The Kier molecular flexibility index (Phi) is 12.1. The SMILES string of the molecule is COc1cccc(N(Cc2cccc(-c3cc(OC)c(OC)c(OC)c3)c2)C2CCN(Cc3ccnc(-c4cc(OC)c(OC)c(OC)c4)c3)CC2)c1. The molecule has 0 saturated carbocycles. The van der Waals surface area contributed by atoms with Crippen molar-refractivity contribution in [3.8, 4) is 62.6 Å².